The number of hydrogen-bond donors (Lipinski definition) is 1. The van der Waals surface area contributed by atoms with E-state index < -0.39 is 0 Å². The van der Waals surface area contributed by atoms with Crippen molar-refractivity contribution in [2.45, 2.75) is 0 Å². The summed E-state index contributed by atoms with van der Waals surface area (Å²) >= 11 is 0. The number of aromatic nitrogens is 3. The molecule has 0 fully saturated rings. The summed E-state index contributed by atoms with van der Waals surface area (Å²) in [6.45, 7) is 0. The Hall–Kier alpha value is -3.54. The minimum Gasteiger partial charge on any atom is -0.496 e. The van der Waals surface area contributed by atoms with Gasteiger partial charge in [-0.05, 0) is 36.4 Å². The molecular weight excluding hydrogens is 328 g/mol. The van der Waals surface area contributed by atoms with E-state index in [9.17, 15) is 0 Å². The first-order valence-electron chi connectivity index (χ1n) is 8.18. The van der Waals surface area contributed by atoms with Crippen LogP contribution in [0.15, 0.2) is 66.9 Å². The first-order valence-corrected chi connectivity index (χ1v) is 8.18. The maximum atomic E-state index is 5.45. The minimum absolute atomic E-state index is 0.751. The van der Waals surface area contributed by atoms with Crippen molar-refractivity contribution >= 4 is 17.2 Å². The molecule has 0 bridgehead atoms. The summed E-state index contributed by atoms with van der Waals surface area (Å²) in [5.74, 6) is 2.28. The number of imidazole rings is 1. The fraction of sp³-hybridized carbons (Fsp3) is 0.100. The Labute approximate surface area is 151 Å². The molecule has 0 amide bonds. The van der Waals surface area contributed by atoms with Crippen molar-refractivity contribution in [2.24, 2.45) is 0 Å². The molecule has 2 aromatic carbocycles. The zero-order valence-electron chi connectivity index (χ0n) is 14.5. The normalized spacial score (nSPS) is 10.7. The van der Waals surface area contributed by atoms with Crippen molar-refractivity contribution in [2.75, 3.05) is 19.5 Å². The van der Waals surface area contributed by atoms with E-state index >= 15 is 0 Å². The summed E-state index contributed by atoms with van der Waals surface area (Å²) in [6.07, 6.45) is 1.75. The lowest BCUT2D eigenvalue weighted by molar-refractivity contribution is 0.416. The Kier molecular flexibility index (Phi) is 4.15. The van der Waals surface area contributed by atoms with E-state index in [2.05, 4.69) is 10.3 Å². The third-order valence-electron chi connectivity index (χ3n) is 4.11. The summed E-state index contributed by atoms with van der Waals surface area (Å²) in [5, 5.41) is 8.07. The molecule has 4 rings (SSSR count). The van der Waals surface area contributed by atoms with Crippen LogP contribution < -0.4 is 14.8 Å². The first kappa shape index (κ1) is 16.0. The number of nitrogens with zero attached hydrogens (tertiary/aromatic N) is 3. The molecule has 1 N–H and O–H groups in total. The average molecular weight is 346 g/mol. The smallest absolute Gasteiger partial charge is 0.155 e. The van der Waals surface area contributed by atoms with Crippen molar-refractivity contribution in [3.63, 3.8) is 0 Å². The number of anilines is 2. The van der Waals surface area contributed by atoms with E-state index in [4.69, 9.17) is 14.6 Å². The van der Waals surface area contributed by atoms with Crippen molar-refractivity contribution in [3.05, 3.63) is 66.9 Å². The van der Waals surface area contributed by atoms with Crippen LogP contribution >= 0.6 is 0 Å². The largest absolute Gasteiger partial charge is 0.496 e. The number of hydrogen-bond acceptors (Lipinski definition) is 5. The third-order valence-corrected chi connectivity index (χ3v) is 4.11. The van der Waals surface area contributed by atoms with Gasteiger partial charge in [-0.3, -0.25) is 0 Å². The zero-order chi connectivity index (χ0) is 17.9. The molecule has 0 aliphatic rings. The Morgan fingerprint density at radius 2 is 1.58 bits per heavy atom. The topological polar surface area (TPSA) is 60.7 Å². The van der Waals surface area contributed by atoms with Crippen LogP contribution in [0.3, 0.4) is 0 Å². The standard InChI is InChI=1S/C20H18N4O2/c1-25-17-9-5-3-7-14(17)15-11-12-19-21-13-20(24(19)23-15)22-16-8-4-6-10-18(16)26-2/h3-13,22H,1-2H3. The molecule has 6 heteroatoms. The number of ether oxygens (including phenoxy) is 2. The van der Waals surface area contributed by atoms with Crippen LogP contribution in [0.4, 0.5) is 11.5 Å². The number of benzene rings is 2. The first-order chi connectivity index (χ1) is 12.8. The van der Waals surface area contributed by atoms with Crippen LogP contribution in [0.1, 0.15) is 0 Å². The van der Waals surface area contributed by atoms with Gasteiger partial charge in [0.05, 0.1) is 31.8 Å². The molecular formula is C20H18N4O2. The third kappa shape index (κ3) is 2.82. The SMILES string of the molecule is COc1ccccc1Nc1cnc2ccc(-c3ccccc3OC)nn12. The molecule has 6 nitrogen and oxygen atoms in total. The van der Waals surface area contributed by atoms with E-state index in [0.717, 1.165) is 39.9 Å². The van der Waals surface area contributed by atoms with Gasteiger partial charge in [0.1, 0.15) is 11.5 Å². The highest BCUT2D eigenvalue weighted by molar-refractivity contribution is 5.69. The lowest BCUT2D eigenvalue weighted by atomic mass is 10.1. The number of nitrogens with one attached hydrogen (secondary N) is 1. The highest BCUT2D eigenvalue weighted by Gasteiger charge is 2.11. The molecule has 0 saturated carbocycles. The summed E-state index contributed by atoms with van der Waals surface area (Å²) in [6, 6.07) is 19.4. The van der Waals surface area contributed by atoms with Gasteiger partial charge < -0.3 is 14.8 Å². The van der Waals surface area contributed by atoms with E-state index in [-0.39, 0.29) is 0 Å². The van der Waals surface area contributed by atoms with Crippen molar-refractivity contribution in [3.8, 4) is 22.8 Å². The second-order valence-corrected chi connectivity index (χ2v) is 5.66. The number of methoxy groups -OCH3 is 2. The van der Waals surface area contributed by atoms with Crippen LogP contribution in [0.25, 0.3) is 16.9 Å². The van der Waals surface area contributed by atoms with E-state index in [1.54, 1.807) is 24.9 Å². The Bertz CT molecular complexity index is 1060. The minimum atomic E-state index is 0.751. The van der Waals surface area contributed by atoms with Gasteiger partial charge in [-0.1, -0.05) is 24.3 Å². The molecule has 130 valence electrons. The highest BCUT2D eigenvalue weighted by Crippen LogP contribution is 2.30. The molecule has 0 saturated heterocycles. The fourth-order valence-corrected chi connectivity index (χ4v) is 2.84. The summed E-state index contributed by atoms with van der Waals surface area (Å²) < 4.78 is 12.6. The Morgan fingerprint density at radius 3 is 2.38 bits per heavy atom. The highest BCUT2D eigenvalue weighted by atomic mass is 16.5. The van der Waals surface area contributed by atoms with Gasteiger partial charge in [0.25, 0.3) is 0 Å². The predicted octanol–water partition coefficient (Wildman–Crippen LogP) is 4.16. The quantitative estimate of drug-likeness (QED) is 0.588. The van der Waals surface area contributed by atoms with Gasteiger partial charge in [0.2, 0.25) is 0 Å². The van der Waals surface area contributed by atoms with Gasteiger partial charge in [-0.2, -0.15) is 9.61 Å². The zero-order valence-corrected chi connectivity index (χ0v) is 14.5. The molecule has 2 heterocycles. The summed E-state index contributed by atoms with van der Waals surface area (Å²) in [4.78, 5) is 4.41. The Morgan fingerprint density at radius 1 is 0.846 bits per heavy atom. The van der Waals surface area contributed by atoms with Gasteiger partial charge in [0.15, 0.2) is 11.5 Å². The molecule has 0 aliphatic heterocycles. The van der Waals surface area contributed by atoms with Crippen LogP contribution in [0, 0.1) is 0 Å². The lowest BCUT2D eigenvalue weighted by Crippen LogP contribution is -2.01. The fourth-order valence-electron chi connectivity index (χ4n) is 2.84. The number of rotatable bonds is 5. The van der Waals surface area contributed by atoms with Crippen LogP contribution in [-0.4, -0.2) is 28.8 Å². The van der Waals surface area contributed by atoms with Gasteiger partial charge in [-0.25, -0.2) is 4.98 Å². The van der Waals surface area contributed by atoms with E-state index in [1.165, 1.54) is 0 Å². The maximum absolute atomic E-state index is 5.45. The molecule has 0 aliphatic carbocycles. The van der Waals surface area contributed by atoms with Gasteiger partial charge >= 0.3 is 0 Å². The number of para-hydroxylation sites is 3. The van der Waals surface area contributed by atoms with Crippen molar-refractivity contribution in [1.82, 2.24) is 14.6 Å². The average Bonchev–Trinajstić information content (AvgIpc) is 3.10. The van der Waals surface area contributed by atoms with Gasteiger partial charge in [-0.15, -0.1) is 0 Å². The summed E-state index contributed by atoms with van der Waals surface area (Å²) in [7, 11) is 3.30. The van der Waals surface area contributed by atoms with Crippen molar-refractivity contribution < 1.29 is 9.47 Å². The monoisotopic (exact) mass is 346 g/mol. The lowest BCUT2D eigenvalue weighted by Gasteiger charge is -2.11. The molecule has 26 heavy (non-hydrogen) atoms. The van der Waals surface area contributed by atoms with Crippen molar-refractivity contribution in [1.29, 1.82) is 0 Å². The Balaban J connectivity index is 1.78. The molecule has 4 aromatic rings. The second kappa shape index (κ2) is 6.76. The van der Waals surface area contributed by atoms with Crippen LogP contribution in [0.5, 0.6) is 11.5 Å². The molecule has 0 radical (unpaired) electrons. The maximum Gasteiger partial charge on any atom is 0.155 e. The van der Waals surface area contributed by atoms with Crippen LogP contribution in [-0.2, 0) is 0 Å². The number of fused-ring (bicyclic) bond motifs is 1. The van der Waals surface area contributed by atoms with Crippen LogP contribution in [0.2, 0.25) is 0 Å². The molecule has 2 aromatic heterocycles. The molecule has 0 atom stereocenters. The van der Waals surface area contributed by atoms with Gasteiger partial charge in [0, 0.05) is 5.56 Å². The predicted molar refractivity (Wildman–Crippen MR) is 101 cm³/mol. The van der Waals surface area contributed by atoms with E-state index in [1.807, 2.05) is 60.7 Å². The molecule has 0 unspecified atom stereocenters. The summed E-state index contributed by atoms with van der Waals surface area (Å²) in [5.41, 5.74) is 3.33. The molecule has 0 spiro atoms. The second-order valence-electron chi connectivity index (χ2n) is 5.66. The van der Waals surface area contributed by atoms with E-state index in [0.29, 0.717) is 0 Å².